The molecule has 0 aliphatic carbocycles. The van der Waals surface area contributed by atoms with Crippen molar-refractivity contribution < 1.29 is 9.53 Å². The van der Waals surface area contributed by atoms with E-state index in [1.807, 2.05) is 71.4 Å². The average molecular weight is 464 g/mol. The fraction of sp³-hybridized carbons (Fsp3) is 0.143. The normalized spacial score (nSPS) is 10.9. The van der Waals surface area contributed by atoms with Crippen LogP contribution in [0.4, 0.5) is 0 Å². The van der Waals surface area contributed by atoms with E-state index in [0.29, 0.717) is 17.6 Å². The molecule has 0 radical (unpaired) electrons. The van der Waals surface area contributed by atoms with Gasteiger partial charge in [-0.3, -0.25) is 4.79 Å². The topological polar surface area (TPSA) is 81.9 Å². The van der Waals surface area contributed by atoms with Gasteiger partial charge in [-0.2, -0.15) is 0 Å². The summed E-state index contributed by atoms with van der Waals surface area (Å²) in [5.74, 6) is 0.657. The lowest BCUT2D eigenvalue weighted by atomic mass is 10.0. The summed E-state index contributed by atoms with van der Waals surface area (Å²) in [4.78, 5) is 26.7. The number of imidazole rings is 1. The zero-order valence-corrected chi connectivity index (χ0v) is 19.4. The minimum Gasteiger partial charge on any atom is -0.497 e. The molecule has 7 heteroatoms. The van der Waals surface area contributed by atoms with E-state index in [-0.39, 0.29) is 5.91 Å². The van der Waals surface area contributed by atoms with Crippen molar-refractivity contribution in [2.24, 2.45) is 0 Å². The molecule has 0 atom stereocenters. The van der Waals surface area contributed by atoms with Gasteiger partial charge in [0.05, 0.1) is 35.9 Å². The van der Waals surface area contributed by atoms with Crippen molar-refractivity contribution in [2.45, 2.75) is 13.0 Å². The van der Waals surface area contributed by atoms with Crippen LogP contribution in [-0.4, -0.2) is 39.1 Å². The first-order valence-electron chi connectivity index (χ1n) is 11.5. The van der Waals surface area contributed by atoms with Crippen molar-refractivity contribution in [3.63, 3.8) is 0 Å². The van der Waals surface area contributed by atoms with Crippen molar-refractivity contribution in [3.8, 4) is 28.3 Å². The van der Waals surface area contributed by atoms with Crippen LogP contribution >= 0.6 is 0 Å². The predicted molar refractivity (Wildman–Crippen MR) is 136 cm³/mol. The Morgan fingerprint density at radius 1 is 0.914 bits per heavy atom. The number of fused-ring (bicyclic) bond motifs is 1. The molecule has 1 amide bonds. The molecule has 0 aliphatic rings. The first-order chi connectivity index (χ1) is 17.2. The number of amides is 1. The van der Waals surface area contributed by atoms with Crippen molar-refractivity contribution >= 4 is 16.9 Å². The number of carbonyl (C=O) groups excluding carboxylic acids is 1. The van der Waals surface area contributed by atoms with Gasteiger partial charge >= 0.3 is 0 Å². The van der Waals surface area contributed by atoms with Gasteiger partial charge < -0.3 is 14.6 Å². The molecule has 0 spiro atoms. The third-order valence-electron chi connectivity index (χ3n) is 5.77. The molecular formula is C28H25N5O2. The van der Waals surface area contributed by atoms with Crippen LogP contribution in [0, 0.1) is 0 Å². The smallest absolute Gasteiger partial charge is 0.251 e. The van der Waals surface area contributed by atoms with Gasteiger partial charge in [-0.25, -0.2) is 15.0 Å². The van der Waals surface area contributed by atoms with E-state index in [2.05, 4.69) is 10.3 Å². The molecule has 3 aromatic carbocycles. The Labute approximate surface area is 203 Å². The summed E-state index contributed by atoms with van der Waals surface area (Å²) < 4.78 is 7.29. The van der Waals surface area contributed by atoms with Gasteiger partial charge in [0.1, 0.15) is 5.75 Å². The standard InChI is InChI=1S/C28H25N5O2/c1-35-23-11-8-21(9-12-23)27-26(20-6-3-2-4-7-20)32-25-18-22(10-13-24(25)31-27)28(34)30-14-5-16-33-17-15-29-19-33/h2-4,6-13,15,17-19H,5,14,16H2,1H3,(H,30,34). The summed E-state index contributed by atoms with van der Waals surface area (Å²) >= 11 is 0. The molecule has 5 aromatic rings. The van der Waals surface area contributed by atoms with Crippen LogP contribution in [0.2, 0.25) is 0 Å². The molecule has 0 saturated carbocycles. The van der Waals surface area contributed by atoms with Crippen LogP contribution in [0.1, 0.15) is 16.8 Å². The van der Waals surface area contributed by atoms with E-state index in [4.69, 9.17) is 14.7 Å². The molecule has 0 saturated heterocycles. The first-order valence-corrected chi connectivity index (χ1v) is 11.5. The fourth-order valence-corrected chi connectivity index (χ4v) is 3.93. The lowest BCUT2D eigenvalue weighted by Gasteiger charge is -2.12. The Morgan fingerprint density at radius 2 is 1.66 bits per heavy atom. The molecule has 0 bridgehead atoms. The Hall–Kier alpha value is -4.52. The van der Waals surface area contributed by atoms with Gasteiger partial charge in [0.25, 0.3) is 5.91 Å². The SMILES string of the molecule is COc1ccc(-c2nc3ccc(C(=O)NCCCn4ccnc4)cc3nc2-c2ccccc2)cc1. The number of nitrogens with zero attached hydrogens (tertiary/aromatic N) is 4. The van der Waals surface area contributed by atoms with Crippen LogP contribution in [-0.2, 0) is 6.54 Å². The number of benzene rings is 3. The minimum absolute atomic E-state index is 0.125. The number of rotatable bonds is 8. The second kappa shape index (κ2) is 10.2. The number of ether oxygens (including phenoxy) is 1. The third kappa shape index (κ3) is 5.04. The lowest BCUT2D eigenvalue weighted by molar-refractivity contribution is 0.0953. The number of aryl methyl sites for hydroxylation is 1. The molecule has 5 rings (SSSR count). The summed E-state index contributed by atoms with van der Waals surface area (Å²) in [6.07, 6.45) is 6.25. The summed E-state index contributed by atoms with van der Waals surface area (Å²) in [6.45, 7) is 1.38. The molecular weight excluding hydrogens is 438 g/mol. The van der Waals surface area contributed by atoms with Crippen LogP contribution in [0.15, 0.2) is 91.5 Å². The highest BCUT2D eigenvalue weighted by Crippen LogP contribution is 2.32. The highest BCUT2D eigenvalue weighted by Gasteiger charge is 2.15. The zero-order chi connectivity index (χ0) is 24.0. The third-order valence-corrected chi connectivity index (χ3v) is 5.77. The van der Waals surface area contributed by atoms with E-state index in [9.17, 15) is 4.79 Å². The van der Waals surface area contributed by atoms with Crippen molar-refractivity contribution in [1.29, 1.82) is 0 Å². The van der Waals surface area contributed by atoms with Crippen LogP contribution in [0.5, 0.6) is 5.75 Å². The largest absolute Gasteiger partial charge is 0.497 e. The Morgan fingerprint density at radius 3 is 2.37 bits per heavy atom. The maximum atomic E-state index is 12.8. The van der Waals surface area contributed by atoms with Gasteiger partial charge in [-0.1, -0.05) is 30.3 Å². The maximum Gasteiger partial charge on any atom is 0.251 e. The number of methoxy groups -OCH3 is 1. The number of carbonyl (C=O) groups is 1. The molecule has 0 fully saturated rings. The van der Waals surface area contributed by atoms with E-state index in [0.717, 1.165) is 46.7 Å². The summed E-state index contributed by atoms with van der Waals surface area (Å²) in [7, 11) is 1.65. The molecule has 7 nitrogen and oxygen atoms in total. The monoisotopic (exact) mass is 463 g/mol. The fourth-order valence-electron chi connectivity index (χ4n) is 3.93. The highest BCUT2D eigenvalue weighted by atomic mass is 16.5. The Kier molecular flexibility index (Phi) is 6.48. The molecule has 1 N–H and O–H groups in total. The quantitative estimate of drug-likeness (QED) is 0.328. The highest BCUT2D eigenvalue weighted by molar-refractivity contribution is 5.98. The molecule has 2 aromatic heterocycles. The second-order valence-corrected chi connectivity index (χ2v) is 8.13. The van der Waals surface area contributed by atoms with Gasteiger partial charge in [-0.05, 0) is 48.9 Å². The summed E-state index contributed by atoms with van der Waals surface area (Å²) in [5, 5.41) is 2.99. The van der Waals surface area contributed by atoms with Gasteiger partial charge in [-0.15, -0.1) is 0 Å². The average Bonchev–Trinajstić information content (AvgIpc) is 3.44. The van der Waals surface area contributed by atoms with Gasteiger partial charge in [0.15, 0.2) is 0 Å². The minimum atomic E-state index is -0.125. The van der Waals surface area contributed by atoms with Crippen LogP contribution < -0.4 is 10.1 Å². The van der Waals surface area contributed by atoms with Crippen molar-refractivity contribution in [3.05, 3.63) is 97.1 Å². The van der Waals surface area contributed by atoms with E-state index in [1.54, 1.807) is 31.8 Å². The van der Waals surface area contributed by atoms with Crippen molar-refractivity contribution in [1.82, 2.24) is 24.8 Å². The zero-order valence-electron chi connectivity index (χ0n) is 19.4. The van der Waals surface area contributed by atoms with Gasteiger partial charge in [0, 0.05) is 42.2 Å². The number of hydrogen-bond acceptors (Lipinski definition) is 5. The number of hydrogen-bond donors (Lipinski definition) is 1. The first kappa shape index (κ1) is 22.3. The number of aromatic nitrogens is 4. The second-order valence-electron chi connectivity index (χ2n) is 8.13. The summed E-state index contributed by atoms with van der Waals surface area (Å²) in [5.41, 5.74) is 5.41. The van der Waals surface area contributed by atoms with Crippen molar-refractivity contribution in [2.75, 3.05) is 13.7 Å². The van der Waals surface area contributed by atoms with Crippen LogP contribution in [0.25, 0.3) is 33.5 Å². The molecule has 2 heterocycles. The predicted octanol–water partition coefficient (Wildman–Crippen LogP) is 4.99. The molecule has 35 heavy (non-hydrogen) atoms. The molecule has 0 aliphatic heterocycles. The van der Waals surface area contributed by atoms with E-state index in [1.165, 1.54) is 0 Å². The number of nitrogens with one attached hydrogen (secondary N) is 1. The summed E-state index contributed by atoms with van der Waals surface area (Å²) in [6, 6.07) is 23.2. The van der Waals surface area contributed by atoms with Crippen LogP contribution in [0.3, 0.4) is 0 Å². The van der Waals surface area contributed by atoms with E-state index >= 15 is 0 Å². The maximum absolute atomic E-state index is 12.8. The lowest BCUT2D eigenvalue weighted by Crippen LogP contribution is -2.25. The molecule has 174 valence electrons. The van der Waals surface area contributed by atoms with Gasteiger partial charge in [0.2, 0.25) is 0 Å². The van der Waals surface area contributed by atoms with E-state index < -0.39 is 0 Å². The Balaban J connectivity index is 1.44. The molecule has 0 unspecified atom stereocenters. The Bertz CT molecular complexity index is 1430.